The Morgan fingerprint density at radius 3 is 2.65 bits per heavy atom. The monoisotopic (exact) mass is 233 g/mol. The van der Waals surface area contributed by atoms with Crippen LogP contribution in [0.1, 0.15) is 43.9 Å². The zero-order valence-corrected chi connectivity index (χ0v) is 11.1. The minimum atomic E-state index is -0.213. The molecule has 2 heteroatoms. The number of rotatable bonds is 1. The third-order valence-electron chi connectivity index (χ3n) is 3.45. The molecule has 0 heterocycles. The summed E-state index contributed by atoms with van der Waals surface area (Å²) in [5.41, 5.74) is 11.2. The van der Waals surface area contributed by atoms with Crippen molar-refractivity contribution in [3.8, 4) is 0 Å². The first-order valence-electron chi connectivity index (χ1n) is 6.44. The summed E-state index contributed by atoms with van der Waals surface area (Å²) in [5, 5.41) is 9.75. The molecular formula is C15H23NO. The number of hydrogen-bond donors (Lipinski definition) is 2. The maximum absolute atomic E-state index is 9.75. The Labute approximate surface area is 104 Å². The number of hydrogen-bond acceptors (Lipinski definition) is 2. The van der Waals surface area contributed by atoms with E-state index in [2.05, 4.69) is 26.8 Å². The lowest BCUT2D eigenvalue weighted by Crippen LogP contribution is -2.22. The van der Waals surface area contributed by atoms with Crippen LogP contribution >= 0.6 is 0 Å². The fourth-order valence-corrected chi connectivity index (χ4v) is 2.70. The van der Waals surface area contributed by atoms with E-state index in [1.165, 1.54) is 16.7 Å². The highest BCUT2D eigenvalue weighted by Crippen LogP contribution is 2.32. The summed E-state index contributed by atoms with van der Waals surface area (Å²) >= 11 is 0. The number of nitrogens with two attached hydrogens (primary N) is 1. The summed E-state index contributed by atoms with van der Waals surface area (Å²) in [6.45, 7) is 6.77. The van der Waals surface area contributed by atoms with Crippen LogP contribution in [0.25, 0.3) is 0 Å². The van der Waals surface area contributed by atoms with Crippen molar-refractivity contribution in [1.82, 2.24) is 0 Å². The van der Waals surface area contributed by atoms with E-state index in [0.29, 0.717) is 5.41 Å². The normalized spacial score (nSPS) is 20.1. The number of aliphatic hydroxyl groups excluding tert-OH is 1. The van der Waals surface area contributed by atoms with Crippen LogP contribution < -0.4 is 5.73 Å². The van der Waals surface area contributed by atoms with Crippen molar-refractivity contribution in [2.75, 3.05) is 5.73 Å². The first-order valence-corrected chi connectivity index (χ1v) is 6.44. The van der Waals surface area contributed by atoms with E-state index in [-0.39, 0.29) is 6.10 Å². The highest BCUT2D eigenvalue weighted by Gasteiger charge is 2.23. The molecular weight excluding hydrogens is 210 g/mol. The molecule has 1 aliphatic rings. The zero-order valence-electron chi connectivity index (χ0n) is 11.1. The number of nitrogen functional groups attached to an aromatic ring is 1. The molecule has 1 aliphatic carbocycles. The number of benzene rings is 1. The summed E-state index contributed by atoms with van der Waals surface area (Å²) in [6, 6.07) is 4.16. The average molecular weight is 233 g/mol. The van der Waals surface area contributed by atoms with Gasteiger partial charge in [0.25, 0.3) is 0 Å². The van der Waals surface area contributed by atoms with Gasteiger partial charge in [-0.05, 0) is 47.4 Å². The molecule has 0 radical (unpaired) electrons. The summed E-state index contributed by atoms with van der Waals surface area (Å²) in [4.78, 5) is 0. The summed E-state index contributed by atoms with van der Waals surface area (Å²) < 4.78 is 0. The van der Waals surface area contributed by atoms with E-state index in [4.69, 9.17) is 5.73 Å². The molecule has 0 saturated carbocycles. The average Bonchev–Trinajstić information content (AvgIpc) is 2.21. The molecule has 2 nitrogen and oxygen atoms in total. The van der Waals surface area contributed by atoms with Gasteiger partial charge in [0.2, 0.25) is 0 Å². The van der Waals surface area contributed by atoms with Gasteiger partial charge in [0, 0.05) is 12.1 Å². The van der Waals surface area contributed by atoms with E-state index in [9.17, 15) is 5.11 Å². The molecule has 1 aromatic carbocycles. The molecule has 3 N–H and O–H groups in total. The molecule has 94 valence electrons. The van der Waals surface area contributed by atoms with Crippen LogP contribution in [-0.2, 0) is 19.3 Å². The molecule has 1 atom stereocenters. The van der Waals surface area contributed by atoms with Gasteiger partial charge in [-0.15, -0.1) is 0 Å². The zero-order chi connectivity index (χ0) is 12.6. The van der Waals surface area contributed by atoms with Crippen molar-refractivity contribution >= 4 is 5.69 Å². The first kappa shape index (κ1) is 12.4. The number of anilines is 1. The second-order valence-electron chi connectivity index (χ2n) is 6.41. The van der Waals surface area contributed by atoms with E-state index >= 15 is 0 Å². The van der Waals surface area contributed by atoms with Crippen LogP contribution in [0.3, 0.4) is 0 Å². The second-order valence-corrected chi connectivity index (χ2v) is 6.41. The summed E-state index contributed by atoms with van der Waals surface area (Å²) in [7, 11) is 0. The van der Waals surface area contributed by atoms with Crippen molar-refractivity contribution < 1.29 is 5.11 Å². The van der Waals surface area contributed by atoms with E-state index < -0.39 is 0 Å². The minimum Gasteiger partial charge on any atom is -0.398 e. The molecule has 0 fully saturated rings. The largest absolute Gasteiger partial charge is 0.398 e. The highest BCUT2D eigenvalue weighted by molar-refractivity contribution is 5.55. The Kier molecular flexibility index (Phi) is 3.17. The van der Waals surface area contributed by atoms with E-state index in [1.807, 2.05) is 6.07 Å². The maximum Gasteiger partial charge on any atom is 0.0584 e. The quantitative estimate of drug-likeness (QED) is 0.733. The van der Waals surface area contributed by atoms with Gasteiger partial charge >= 0.3 is 0 Å². The SMILES string of the molecule is CC(C)(C)Cc1ccc(N)c2c1CCC(O)C2. The summed E-state index contributed by atoms with van der Waals surface area (Å²) in [6.07, 6.45) is 3.42. The number of aliphatic hydroxyl groups is 1. The molecule has 0 bridgehead atoms. The van der Waals surface area contributed by atoms with Crippen LogP contribution in [0.15, 0.2) is 12.1 Å². The van der Waals surface area contributed by atoms with Gasteiger partial charge in [-0.1, -0.05) is 26.8 Å². The Bertz CT molecular complexity index is 418. The lowest BCUT2D eigenvalue weighted by atomic mass is 9.80. The predicted molar refractivity (Wildman–Crippen MR) is 72.0 cm³/mol. The van der Waals surface area contributed by atoms with Crippen LogP contribution in [0.5, 0.6) is 0 Å². The van der Waals surface area contributed by atoms with Crippen molar-refractivity contribution in [3.63, 3.8) is 0 Å². The Balaban J connectivity index is 2.39. The van der Waals surface area contributed by atoms with Crippen molar-refractivity contribution in [2.45, 2.75) is 52.6 Å². The van der Waals surface area contributed by atoms with Crippen LogP contribution in [0.4, 0.5) is 5.69 Å². The third kappa shape index (κ3) is 2.81. The van der Waals surface area contributed by atoms with Gasteiger partial charge in [-0.3, -0.25) is 0 Å². The maximum atomic E-state index is 9.75. The fraction of sp³-hybridized carbons (Fsp3) is 0.600. The molecule has 1 unspecified atom stereocenters. The van der Waals surface area contributed by atoms with Gasteiger partial charge in [-0.25, -0.2) is 0 Å². The highest BCUT2D eigenvalue weighted by atomic mass is 16.3. The van der Waals surface area contributed by atoms with Gasteiger partial charge in [0.05, 0.1) is 6.10 Å². The lowest BCUT2D eigenvalue weighted by molar-refractivity contribution is 0.158. The first-order chi connectivity index (χ1) is 7.87. The van der Waals surface area contributed by atoms with Gasteiger partial charge in [0.1, 0.15) is 0 Å². The molecule has 0 aromatic heterocycles. The topological polar surface area (TPSA) is 46.2 Å². The molecule has 0 amide bonds. The fourth-order valence-electron chi connectivity index (χ4n) is 2.70. The predicted octanol–water partition coefficient (Wildman–Crippen LogP) is 2.71. The van der Waals surface area contributed by atoms with Crippen molar-refractivity contribution in [2.24, 2.45) is 5.41 Å². The van der Waals surface area contributed by atoms with Crippen LogP contribution in [0.2, 0.25) is 0 Å². The summed E-state index contributed by atoms with van der Waals surface area (Å²) in [5.74, 6) is 0. The smallest absolute Gasteiger partial charge is 0.0584 e. The Morgan fingerprint density at radius 2 is 2.00 bits per heavy atom. The van der Waals surface area contributed by atoms with Gasteiger partial charge in [-0.2, -0.15) is 0 Å². The van der Waals surface area contributed by atoms with E-state index in [0.717, 1.165) is 31.4 Å². The Morgan fingerprint density at radius 1 is 1.29 bits per heavy atom. The molecule has 0 aliphatic heterocycles. The van der Waals surface area contributed by atoms with Crippen molar-refractivity contribution in [1.29, 1.82) is 0 Å². The molecule has 1 aromatic rings. The number of fused-ring (bicyclic) bond motifs is 1. The minimum absolute atomic E-state index is 0.213. The third-order valence-corrected chi connectivity index (χ3v) is 3.45. The molecule has 0 spiro atoms. The molecule has 17 heavy (non-hydrogen) atoms. The van der Waals surface area contributed by atoms with Crippen molar-refractivity contribution in [3.05, 3.63) is 28.8 Å². The van der Waals surface area contributed by atoms with Gasteiger partial charge < -0.3 is 10.8 Å². The molecule has 2 rings (SSSR count). The van der Waals surface area contributed by atoms with Gasteiger partial charge in [0.15, 0.2) is 0 Å². The Hall–Kier alpha value is -1.02. The second kappa shape index (κ2) is 4.34. The van der Waals surface area contributed by atoms with Crippen LogP contribution in [0, 0.1) is 5.41 Å². The van der Waals surface area contributed by atoms with E-state index in [1.54, 1.807) is 0 Å². The standard InChI is InChI=1S/C15H23NO/c1-15(2,3)9-10-4-7-14(16)13-8-11(17)5-6-12(10)13/h4,7,11,17H,5-6,8-9,16H2,1-3H3. The van der Waals surface area contributed by atoms with Crippen LogP contribution in [-0.4, -0.2) is 11.2 Å². The lowest BCUT2D eigenvalue weighted by Gasteiger charge is -2.27. The molecule has 0 saturated heterocycles.